The van der Waals surface area contributed by atoms with Gasteiger partial charge < -0.3 is 20.2 Å². The Hall–Kier alpha value is -1.48. The van der Waals surface area contributed by atoms with Gasteiger partial charge in [-0.2, -0.15) is 0 Å². The largest absolute Gasteiger partial charge is 0.480 e. The maximum atomic E-state index is 12.5. The number of halogens is 1. The summed E-state index contributed by atoms with van der Waals surface area (Å²) < 4.78 is -0.495. The number of aliphatic imine (C=N–C) groups is 2. The summed E-state index contributed by atoms with van der Waals surface area (Å²) in [4.78, 5) is 36.9. The van der Waals surface area contributed by atoms with E-state index in [-0.39, 0.29) is 23.7 Å². The van der Waals surface area contributed by atoms with Crippen molar-refractivity contribution in [1.29, 1.82) is 0 Å². The average Bonchev–Trinajstić information content (AvgIpc) is 3.19. The van der Waals surface area contributed by atoms with E-state index in [2.05, 4.69) is 20.2 Å². The zero-order valence-electron chi connectivity index (χ0n) is 17.6. The molecule has 3 fully saturated rings. The molecule has 3 saturated heterocycles. The lowest BCUT2D eigenvalue weighted by Gasteiger charge is -2.41. The summed E-state index contributed by atoms with van der Waals surface area (Å²) in [6.45, 7) is 7.59. The summed E-state index contributed by atoms with van der Waals surface area (Å²) in [6, 6.07) is -1.22. The van der Waals surface area contributed by atoms with Crippen molar-refractivity contribution in [3.63, 3.8) is 0 Å². The highest BCUT2D eigenvalue weighted by Gasteiger charge is 2.63. The summed E-state index contributed by atoms with van der Waals surface area (Å²) in [5, 5.41) is 12.7. The van der Waals surface area contributed by atoms with Crippen molar-refractivity contribution in [2.75, 3.05) is 26.2 Å². The molecule has 8 nitrogen and oxygen atoms in total. The van der Waals surface area contributed by atoms with Crippen LogP contribution in [0.1, 0.15) is 46.0 Å². The quantitative estimate of drug-likeness (QED) is 0.359. The first-order chi connectivity index (χ1) is 13.9. The van der Waals surface area contributed by atoms with Crippen molar-refractivity contribution in [2.45, 2.75) is 68.2 Å². The molecule has 4 aliphatic heterocycles. The number of β-lactam (4-membered cyclic amide) rings is 1. The Morgan fingerprint density at radius 2 is 2.20 bits per heavy atom. The van der Waals surface area contributed by atoms with Gasteiger partial charge in [0.2, 0.25) is 0 Å². The number of fused-ring (bicyclic) bond motifs is 1. The molecule has 0 aliphatic carbocycles. The fourth-order valence-corrected chi connectivity index (χ4v) is 6.46. The van der Waals surface area contributed by atoms with Crippen LogP contribution in [0.15, 0.2) is 9.98 Å². The first-order valence-electron chi connectivity index (χ1n) is 10.6. The van der Waals surface area contributed by atoms with Gasteiger partial charge in [0.15, 0.2) is 6.04 Å². The Bertz CT molecular complexity index is 731. The van der Waals surface area contributed by atoms with E-state index in [9.17, 15) is 14.7 Å². The predicted octanol–water partition coefficient (Wildman–Crippen LogP) is 1.84. The number of amides is 1. The number of nitrogens with one attached hydrogen (secondary N) is 1. The fourth-order valence-electron chi connectivity index (χ4n) is 4.84. The van der Waals surface area contributed by atoms with Gasteiger partial charge in [-0.15, -0.1) is 24.2 Å². The lowest BCUT2D eigenvalue weighted by molar-refractivity contribution is -0.158. The zero-order chi connectivity index (χ0) is 20.6. The second kappa shape index (κ2) is 9.34. The highest BCUT2D eigenvalue weighted by Crippen LogP contribution is 2.51. The van der Waals surface area contributed by atoms with E-state index < -0.39 is 22.8 Å². The molecule has 0 aromatic rings. The van der Waals surface area contributed by atoms with Crippen LogP contribution in [0.5, 0.6) is 0 Å². The molecule has 0 saturated carbocycles. The maximum absolute atomic E-state index is 12.5. The lowest BCUT2D eigenvalue weighted by atomic mass is 9.95. The molecule has 1 amide bonds. The number of carbonyl (C=O) groups is 2. The smallest absolute Gasteiger partial charge is 0.327 e. The Balaban J connectivity index is 0.00000256. The van der Waals surface area contributed by atoms with Gasteiger partial charge in [0.1, 0.15) is 11.4 Å². The number of hydrogen-bond acceptors (Lipinski definition) is 6. The van der Waals surface area contributed by atoms with Crippen LogP contribution >= 0.6 is 24.2 Å². The monoisotopic (exact) mass is 457 g/mol. The number of aliphatic carboxylic acids is 1. The molecule has 4 atom stereocenters. The molecule has 0 aromatic carbocycles. The van der Waals surface area contributed by atoms with E-state index in [1.165, 1.54) is 17.7 Å². The van der Waals surface area contributed by atoms with Gasteiger partial charge >= 0.3 is 5.97 Å². The molecular weight excluding hydrogens is 426 g/mol. The van der Waals surface area contributed by atoms with Gasteiger partial charge in [-0.05, 0) is 45.4 Å². The number of carbonyl (C=O) groups excluding carboxylic acids is 1. The minimum absolute atomic E-state index is 0. The topological polar surface area (TPSA) is 97.6 Å². The standard InChI is InChI=1S/C20H31N5O3S.ClH/c1-20(2)16(19(27)28)25-17(26)15(18(25)29-20)23-12-24-10-3-4-13(7-11-24)5-6-14-21-8-9-22-14;/h12-13,15-16,18H,3-11H2,1-2H3,(H,21,22)(H,27,28);1H/t13?,15?,16-,18?;/m0./s1. The molecule has 30 heavy (non-hydrogen) atoms. The van der Waals surface area contributed by atoms with Crippen molar-refractivity contribution in [3.05, 3.63) is 0 Å². The van der Waals surface area contributed by atoms with Gasteiger partial charge in [0.05, 0.1) is 18.7 Å². The normalized spacial score (nSPS) is 32.7. The van der Waals surface area contributed by atoms with Crippen LogP contribution in [0.25, 0.3) is 0 Å². The van der Waals surface area contributed by atoms with Crippen molar-refractivity contribution in [3.8, 4) is 0 Å². The predicted molar refractivity (Wildman–Crippen MR) is 122 cm³/mol. The fraction of sp³-hybridized carbons (Fsp3) is 0.800. The van der Waals surface area contributed by atoms with Crippen LogP contribution in [0.3, 0.4) is 0 Å². The number of nitrogens with zero attached hydrogens (tertiary/aromatic N) is 4. The van der Waals surface area contributed by atoms with Crippen molar-refractivity contribution in [2.24, 2.45) is 15.9 Å². The summed E-state index contributed by atoms with van der Waals surface area (Å²) in [5.41, 5.74) is 0. The maximum Gasteiger partial charge on any atom is 0.327 e. The second-order valence-electron chi connectivity index (χ2n) is 8.93. The third-order valence-corrected chi connectivity index (χ3v) is 8.01. The molecule has 2 N–H and O–H groups in total. The Morgan fingerprint density at radius 1 is 1.40 bits per heavy atom. The summed E-state index contributed by atoms with van der Waals surface area (Å²) in [7, 11) is 0. The minimum Gasteiger partial charge on any atom is -0.480 e. The van der Waals surface area contributed by atoms with Crippen LogP contribution in [0.4, 0.5) is 0 Å². The summed E-state index contributed by atoms with van der Waals surface area (Å²) in [6.07, 6.45) is 7.55. The molecule has 10 heteroatoms. The number of thioether (sulfide) groups is 1. The molecule has 0 spiro atoms. The number of likely N-dealkylation sites (tertiary alicyclic amines) is 1. The first kappa shape index (κ1) is 23.2. The number of amidine groups is 1. The number of carboxylic acid groups (broad SMARTS) is 1. The molecule has 0 bridgehead atoms. The number of hydrogen-bond donors (Lipinski definition) is 2. The van der Waals surface area contributed by atoms with Crippen LogP contribution in [-0.2, 0) is 9.59 Å². The van der Waals surface area contributed by atoms with Gasteiger partial charge in [0.25, 0.3) is 5.91 Å². The van der Waals surface area contributed by atoms with Crippen molar-refractivity contribution in [1.82, 2.24) is 15.1 Å². The number of carboxylic acids is 1. The van der Waals surface area contributed by atoms with E-state index in [0.717, 1.165) is 51.3 Å². The summed E-state index contributed by atoms with van der Waals surface area (Å²) in [5.74, 6) is 0.784. The SMILES string of the molecule is CC1(C)SC2C(N=CN3CCCC(CCC4=NCCN4)CC3)C(=O)N2[C@H]1C(=O)O.Cl. The van der Waals surface area contributed by atoms with Crippen molar-refractivity contribution < 1.29 is 14.7 Å². The first-order valence-corrected chi connectivity index (χ1v) is 11.5. The Kier molecular flexibility index (Phi) is 7.22. The third-order valence-electron chi connectivity index (χ3n) is 6.45. The van der Waals surface area contributed by atoms with E-state index >= 15 is 0 Å². The van der Waals surface area contributed by atoms with Gasteiger partial charge in [-0.3, -0.25) is 14.8 Å². The third kappa shape index (κ3) is 4.56. The lowest BCUT2D eigenvalue weighted by Crippen LogP contribution is -2.65. The van der Waals surface area contributed by atoms with E-state index in [1.54, 1.807) is 11.8 Å². The highest BCUT2D eigenvalue weighted by molar-refractivity contribution is 8.01. The molecule has 4 rings (SSSR count). The highest BCUT2D eigenvalue weighted by atomic mass is 35.5. The van der Waals surface area contributed by atoms with Crippen molar-refractivity contribution >= 4 is 48.2 Å². The molecule has 4 aliphatic rings. The zero-order valence-corrected chi connectivity index (χ0v) is 19.3. The minimum atomic E-state index is -0.932. The van der Waals surface area contributed by atoms with Gasteiger partial charge in [-0.25, -0.2) is 4.79 Å². The second-order valence-corrected chi connectivity index (χ2v) is 10.7. The summed E-state index contributed by atoms with van der Waals surface area (Å²) >= 11 is 1.55. The van der Waals surface area contributed by atoms with Gasteiger partial charge in [-0.1, -0.05) is 0 Å². The average molecular weight is 458 g/mol. The molecular formula is C20H32ClN5O3S. The Morgan fingerprint density at radius 3 is 2.90 bits per heavy atom. The Labute approximate surface area is 188 Å². The van der Waals surface area contributed by atoms with Crippen LogP contribution in [0.2, 0.25) is 0 Å². The van der Waals surface area contributed by atoms with E-state index in [0.29, 0.717) is 5.92 Å². The van der Waals surface area contributed by atoms with Crippen LogP contribution in [0, 0.1) is 5.92 Å². The van der Waals surface area contributed by atoms with Crippen LogP contribution < -0.4 is 5.32 Å². The van der Waals surface area contributed by atoms with E-state index in [1.807, 2.05) is 20.2 Å². The molecule has 3 unspecified atom stereocenters. The molecule has 168 valence electrons. The van der Waals surface area contributed by atoms with Gasteiger partial charge in [0, 0.05) is 30.8 Å². The van der Waals surface area contributed by atoms with E-state index in [4.69, 9.17) is 0 Å². The molecule has 0 radical (unpaired) electrons. The molecule has 0 aromatic heterocycles. The van der Waals surface area contributed by atoms with Crippen LogP contribution in [-0.4, -0.2) is 87.3 Å². The molecule has 4 heterocycles. The number of rotatable bonds is 6.